The highest BCUT2D eigenvalue weighted by molar-refractivity contribution is 9.10. The van der Waals surface area contributed by atoms with Crippen LogP contribution in [-0.4, -0.2) is 10.9 Å². The number of aromatic nitrogens is 1. The fourth-order valence-corrected chi connectivity index (χ4v) is 2.47. The second-order valence-corrected chi connectivity index (χ2v) is 6.03. The Balaban J connectivity index is 2.07. The minimum atomic E-state index is -0.415. The second-order valence-electron chi connectivity index (χ2n) is 5.18. The third kappa shape index (κ3) is 3.67. The first kappa shape index (κ1) is 14.7. The summed E-state index contributed by atoms with van der Waals surface area (Å²) < 4.78 is 0.955. The van der Waals surface area contributed by atoms with Gasteiger partial charge in [-0.2, -0.15) is 0 Å². The van der Waals surface area contributed by atoms with E-state index in [4.69, 9.17) is 0 Å². The Kier molecular flexibility index (Phi) is 4.55. The molecule has 0 aliphatic rings. The first-order valence-electron chi connectivity index (χ1n) is 6.44. The van der Waals surface area contributed by atoms with Gasteiger partial charge in [-0.25, -0.2) is 0 Å². The van der Waals surface area contributed by atoms with Crippen molar-refractivity contribution in [2.45, 2.75) is 25.8 Å². The van der Waals surface area contributed by atoms with Gasteiger partial charge < -0.3 is 5.32 Å². The van der Waals surface area contributed by atoms with Gasteiger partial charge in [-0.1, -0.05) is 34.1 Å². The Morgan fingerprint density at radius 3 is 2.50 bits per heavy atom. The molecule has 0 saturated heterocycles. The van der Waals surface area contributed by atoms with Gasteiger partial charge in [0.15, 0.2) is 0 Å². The lowest BCUT2D eigenvalue weighted by molar-refractivity contribution is -0.122. The normalized spacial score (nSPS) is 11.2. The quantitative estimate of drug-likeness (QED) is 0.931. The van der Waals surface area contributed by atoms with Crippen molar-refractivity contribution >= 4 is 21.8 Å². The van der Waals surface area contributed by atoms with Gasteiger partial charge in [0.25, 0.3) is 0 Å². The molecule has 1 N–H and O–H groups in total. The van der Waals surface area contributed by atoms with E-state index in [0.29, 0.717) is 6.42 Å². The largest absolute Gasteiger partial charge is 0.347 e. The van der Waals surface area contributed by atoms with E-state index in [2.05, 4.69) is 26.2 Å². The highest BCUT2D eigenvalue weighted by atomic mass is 79.9. The number of hydrogen-bond donors (Lipinski definition) is 1. The molecular weight excluding hydrogens is 316 g/mol. The lowest BCUT2D eigenvalue weighted by Crippen LogP contribution is -2.41. The number of amides is 1. The number of hydrogen-bond acceptors (Lipinski definition) is 2. The van der Waals surface area contributed by atoms with Crippen molar-refractivity contribution in [1.29, 1.82) is 0 Å². The Hall–Kier alpha value is -1.68. The molecule has 1 aromatic carbocycles. The third-order valence-corrected chi connectivity index (χ3v) is 3.94. The van der Waals surface area contributed by atoms with Crippen molar-refractivity contribution < 1.29 is 4.79 Å². The van der Waals surface area contributed by atoms with Crippen molar-refractivity contribution in [3.63, 3.8) is 0 Å². The average Bonchev–Trinajstić information content (AvgIpc) is 2.42. The first-order chi connectivity index (χ1) is 9.49. The summed E-state index contributed by atoms with van der Waals surface area (Å²) in [6.07, 6.45) is 3.82. The topological polar surface area (TPSA) is 42.0 Å². The van der Waals surface area contributed by atoms with Gasteiger partial charge in [-0.3, -0.25) is 9.78 Å². The molecule has 2 aromatic rings. The van der Waals surface area contributed by atoms with Crippen molar-refractivity contribution in [1.82, 2.24) is 10.3 Å². The van der Waals surface area contributed by atoms with Gasteiger partial charge in [0, 0.05) is 16.9 Å². The predicted octanol–water partition coefficient (Wildman–Crippen LogP) is 3.44. The Morgan fingerprint density at radius 1 is 1.20 bits per heavy atom. The second kappa shape index (κ2) is 6.18. The standard InChI is InChI=1S/C16H17BrN2O/c1-16(2,13-7-9-18-10-8-13)19-15(20)11-12-5-3-4-6-14(12)17/h3-10H,11H2,1-2H3,(H,19,20). The molecule has 0 fully saturated rings. The highest BCUT2D eigenvalue weighted by Crippen LogP contribution is 2.20. The van der Waals surface area contributed by atoms with Crippen LogP contribution in [0.15, 0.2) is 53.3 Å². The van der Waals surface area contributed by atoms with Gasteiger partial charge in [-0.15, -0.1) is 0 Å². The monoisotopic (exact) mass is 332 g/mol. The van der Waals surface area contributed by atoms with E-state index in [1.54, 1.807) is 12.4 Å². The Bertz CT molecular complexity index is 596. The molecule has 4 heteroatoms. The molecule has 104 valence electrons. The number of carbonyl (C=O) groups is 1. The predicted molar refractivity (Wildman–Crippen MR) is 83.3 cm³/mol. The number of halogens is 1. The molecule has 1 amide bonds. The Labute approximate surface area is 127 Å². The molecule has 0 aliphatic heterocycles. The molecule has 0 radical (unpaired) electrons. The van der Waals surface area contributed by atoms with Gasteiger partial charge >= 0.3 is 0 Å². The van der Waals surface area contributed by atoms with Crippen molar-refractivity contribution in [3.8, 4) is 0 Å². The van der Waals surface area contributed by atoms with Gasteiger partial charge in [0.05, 0.1) is 12.0 Å². The van der Waals surface area contributed by atoms with Crippen LogP contribution in [0.4, 0.5) is 0 Å². The fraction of sp³-hybridized carbons (Fsp3) is 0.250. The van der Waals surface area contributed by atoms with Crippen LogP contribution in [0.3, 0.4) is 0 Å². The zero-order valence-corrected chi connectivity index (χ0v) is 13.1. The van der Waals surface area contributed by atoms with Crippen LogP contribution in [-0.2, 0) is 16.8 Å². The average molecular weight is 333 g/mol. The smallest absolute Gasteiger partial charge is 0.225 e. The summed E-state index contributed by atoms with van der Waals surface area (Å²) in [5, 5.41) is 3.06. The molecule has 1 heterocycles. The fourth-order valence-electron chi connectivity index (χ4n) is 2.05. The van der Waals surface area contributed by atoms with Gasteiger partial charge in [0.2, 0.25) is 5.91 Å². The van der Waals surface area contributed by atoms with Crippen LogP contribution in [0.5, 0.6) is 0 Å². The SMILES string of the molecule is CC(C)(NC(=O)Cc1ccccc1Br)c1ccncc1. The summed E-state index contributed by atoms with van der Waals surface area (Å²) in [7, 11) is 0. The van der Waals surface area contributed by atoms with Crippen molar-refractivity contribution in [3.05, 3.63) is 64.4 Å². The van der Waals surface area contributed by atoms with E-state index in [1.807, 2.05) is 50.2 Å². The molecule has 0 spiro atoms. The van der Waals surface area contributed by atoms with Crippen LogP contribution in [0.25, 0.3) is 0 Å². The van der Waals surface area contributed by atoms with Crippen molar-refractivity contribution in [2.24, 2.45) is 0 Å². The van der Waals surface area contributed by atoms with E-state index in [9.17, 15) is 4.79 Å². The number of rotatable bonds is 4. The van der Waals surface area contributed by atoms with Gasteiger partial charge in [0.1, 0.15) is 0 Å². The summed E-state index contributed by atoms with van der Waals surface area (Å²) in [5.74, 6) is -0.00119. The van der Waals surface area contributed by atoms with Crippen LogP contribution in [0, 0.1) is 0 Å². The number of nitrogens with one attached hydrogen (secondary N) is 1. The molecule has 0 aliphatic carbocycles. The van der Waals surface area contributed by atoms with Crippen LogP contribution < -0.4 is 5.32 Å². The maximum absolute atomic E-state index is 12.2. The molecular formula is C16H17BrN2O. The summed E-state index contributed by atoms with van der Waals surface area (Å²) >= 11 is 3.46. The number of nitrogens with zero attached hydrogens (tertiary/aromatic N) is 1. The summed E-state index contributed by atoms with van der Waals surface area (Å²) in [4.78, 5) is 16.2. The lowest BCUT2D eigenvalue weighted by Gasteiger charge is -2.27. The molecule has 20 heavy (non-hydrogen) atoms. The van der Waals surface area contributed by atoms with E-state index in [-0.39, 0.29) is 5.91 Å². The van der Waals surface area contributed by atoms with E-state index in [0.717, 1.165) is 15.6 Å². The number of carbonyl (C=O) groups excluding carboxylic acids is 1. The minimum Gasteiger partial charge on any atom is -0.347 e. The molecule has 3 nitrogen and oxygen atoms in total. The van der Waals surface area contributed by atoms with E-state index >= 15 is 0 Å². The summed E-state index contributed by atoms with van der Waals surface area (Å²) in [6.45, 7) is 3.97. The zero-order valence-electron chi connectivity index (χ0n) is 11.6. The minimum absolute atomic E-state index is 0.00119. The Morgan fingerprint density at radius 2 is 1.85 bits per heavy atom. The number of pyridine rings is 1. The maximum Gasteiger partial charge on any atom is 0.225 e. The molecule has 0 saturated carbocycles. The molecule has 2 rings (SSSR count). The number of benzene rings is 1. The zero-order chi connectivity index (χ0) is 14.6. The van der Waals surface area contributed by atoms with E-state index < -0.39 is 5.54 Å². The van der Waals surface area contributed by atoms with E-state index in [1.165, 1.54) is 0 Å². The third-order valence-electron chi connectivity index (χ3n) is 3.16. The molecule has 0 bridgehead atoms. The maximum atomic E-state index is 12.2. The van der Waals surface area contributed by atoms with Crippen LogP contribution >= 0.6 is 15.9 Å². The van der Waals surface area contributed by atoms with Crippen LogP contribution in [0.1, 0.15) is 25.0 Å². The first-order valence-corrected chi connectivity index (χ1v) is 7.23. The highest BCUT2D eigenvalue weighted by Gasteiger charge is 2.22. The summed E-state index contributed by atoms with van der Waals surface area (Å²) in [5.41, 5.74) is 1.60. The molecule has 0 unspecified atom stereocenters. The lowest BCUT2D eigenvalue weighted by atomic mass is 9.95. The van der Waals surface area contributed by atoms with Crippen LogP contribution in [0.2, 0.25) is 0 Å². The summed E-state index contributed by atoms with van der Waals surface area (Å²) in [6, 6.07) is 11.6. The van der Waals surface area contributed by atoms with Gasteiger partial charge in [-0.05, 0) is 43.2 Å². The van der Waals surface area contributed by atoms with Crippen molar-refractivity contribution in [2.75, 3.05) is 0 Å². The molecule has 0 atom stereocenters. The molecule has 1 aromatic heterocycles.